The molecule has 4 aromatic rings. The van der Waals surface area contributed by atoms with Crippen molar-refractivity contribution in [3.05, 3.63) is 77.9 Å². The number of esters is 1. The molecule has 3 aromatic carbocycles. The topological polar surface area (TPSA) is 117 Å². The summed E-state index contributed by atoms with van der Waals surface area (Å²) in [5.41, 5.74) is 6.04. The van der Waals surface area contributed by atoms with Crippen LogP contribution < -0.4 is 19.6 Å². The SMILES string of the molecule is COc1ccc(-n2c(SCC(=O)N/N=C\c3ccc(OC(C)=O)c(OC)c3)nnc2-c2ccc(C)cc2)cc1. The number of hydrogen-bond acceptors (Lipinski definition) is 9. The van der Waals surface area contributed by atoms with Gasteiger partial charge in [0.1, 0.15) is 5.75 Å². The van der Waals surface area contributed by atoms with Crippen LogP contribution in [-0.2, 0) is 9.59 Å². The van der Waals surface area contributed by atoms with Gasteiger partial charge in [-0.15, -0.1) is 10.2 Å². The molecule has 0 spiro atoms. The van der Waals surface area contributed by atoms with E-state index in [0.29, 0.717) is 28.0 Å². The monoisotopic (exact) mass is 545 g/mol. The van der Waals surface area contributed by atoms with Gasteiger partial charge in [0.25, 0.3) is 5.91 Å². The number of methoxy groups -OCH3 is 2. The summed E-state index contributed by atoms with van der Waals surface area (Å²) in [4.78, 5) is 23.8. The van der Waals surface area contributed by atoms with Gasteiger partial charge in [-0.25, -0.2) is 5.43 Å². The van der Waals surface area contributed by atoms with E-state index in [1.54, 1.807) is 25.3 Å². The van der Waals surface area contributed by atoms with Crippen LogP contribution in [0.3, 0.4) is 0 Å². The molecule has 11 heteroatoms. The second kappa shape index (κ2) is 12.7. The number of hydrogen-bond donors (Lipinski definition) is 1. The normalized spacial score (nSPS) is 10.9. The Morgan fingerprint density at radius 1 is 0.974 bits per heavy atom. The minimum absolute atomic E-state index is 0.0637. The van der Waals surface area contributed by atoms with Gasteiger partial charge in [-0.1, -0.05) is 41.6 Å². The summed E-state index contributed by atoms with van der Waals surface area (Å²) >= 11 is 1.24. The Labute approximate surface area is 230 Å². The highest BCUT2D eigenvalue weighted by Gasteiger charge is 2.17. The van der Waals surface area contributed by atoms with Gasteiger partial charge in [-0.05, 0) is 55.0 Å². The molecule has 4 rings (SSSR count). The largest absolute Gasteiger partial charge is 0.497 e. The molecule has 0 fully saturated rings. The molecule has 1 amide bonds. The van der Waals surface area contributed by atoms with Crippen molar-refractivity contribution >= 4 is 29.9 Å². The van der Waals surface area contributed by atoms with Crippen LogP contribution >= 0.6 is 11.8 Å². The maximum atomic E-state index is 12.5. The molecule has 200 valence electrons. The lowest BCUT2D eigenvalue weighted by Gasteiger charge is -2.11. The number of carbonyl (C=O) groups excluding carboxylic acids is 2. The summed E-state index contributed by atoms with van der Waals surface area (Å²) in [6.45, 7) is 3.33. The first-order valence-corrected chi connectivity index (χ1v) is 12.8. The van der Waals surface area contributed by atoms with Gasteiger partial charge in [0.15, 0.2) is 22.5 Å². The summed E-state index contributed by atoms with van der Waals surface area (Å²) < 4.78 is 17.5. The van der Waals surface area contributed by atoms with E-state index in [1.165, 1.54) is 32.0 Å². The van der Waals surface area contributed by atoms with Crippen molar-refractivity contribution in [2.24, 2.45) is 5.10 Å². The molecule has 39 heavy (non-hydrogen) atoms. The molecule has 0 saturated carbocycles. The molecule has 0 atom stereocenters. The van der Waals surface area contributed by atoms with Crippen LogP contribution in [-0.4, -0.2) is 52.8 Å². The molecule has 0 unspecified atom stereocenters. The smallest absolute Gasteiger partial charge is 0.308 e. The number of nitrogens with zero attached hydrogens (tertiary/aromatic N) is 4. The molecule has 0 saturated heterocycles. The fourth-order valence-corrected chi connectivity index (χ4v) is 4.31. The molecule has 1 N–H and O–H groups in total. The first-order valence-electron chi connectivity index (χ1n) is 11.9. The van der Waals surface area contributed by atoms with Crippen LogP contribution in [0.2, 0.25) is 0 Å². The number of aryl methyl sites for hydroxylation is 1. The predicted molar refractivity (Wildman–Crippen MR) is 149 cm³/mol. The molecule has 1 aromatic heterocycles. The fourth-order valence-electron chi connectivity index (χ4n) is 3.56. The third kappa shape index (κ3) is 7.02. The zero-order chi connectivity index (χ0) is 27.8. The van der Waals surface area contributed by atoms with Crippen molar-refractivity contribution in [1.82, 2.24) is 20.2 Å². The number of ether oxygens (including phenoxy) is 3. The third-order valence-electron chi connectivity index (χ3n) is 5.45. The van der Waals surface area contributed by atoms with Crippen LogP contribution in [0.1, 0.15) is 18.1 Å². The minimum Gasteiger partial charge on any atom is -0.497 e. The van der Waals surface area contributed by atoms with E-state index in [1.807, 2.05) is 60.0 Å². The van der Waals surface area contributed by atoms with Crippen LogP contribution in [0.25, 0.3) is 17.1 Å². The van der Waals surface area contributed by atoms with Crippen molar-refractivity contribution in [1.29, 1.82) is 0 Å². The van der Waals surface area contributed by atoms with Crippen molar-refractivity contribution in [3.63, 3.8) is 0 Å². The molecule has 0 bridgehead atoms. The Morgan fingerprint density at radius 2 is 1.72 bits per heavy atom. The van der Waals surface area contributed by atoms with Crippen LogP contribution in [0.4, 0.5) is 0 Å². The molecule has 1 heterocycles. The van der Waals surface area contributed by atoms with Gasteiger partial charge in [-0.2, -0.15) is 5.10 Å². The number of thioether (sulfide) groups is 1. The maximum Gasteiger partial charge on any atom is 0.308 e. The molecule has 0 aliphatic rings. The Balaban J connectivity index is 1.47. The van der Waals surface area contributed by atoms with Gasteiger partial charge < -0.3 is 14.2 Å². The summed E-state index contributed by atoms with van der Waals surface area (Å²) in [6, 6.07) is 20.5. The number of aromatic nitrogens is 3. The number of rotatable bonds is 10. The van der Waals surface area contributed by atoms with E-state index >= 15 is 0 Å². The third-order valence-corrected chi connectivity index (χ3v) is 6.38. The summed E-state index contributed by atoms with van der Waals surface area (Å²) in [6.07, 6.45) is 1.47. The van der Waals surface area contributed by atoms with Crippen molar-refractivity contribution < 1.29 is 23.8 Å². The van der Waals surface area contributed by atoms with Crippen molar-refractivity contribution in [2.45, 2.75) is 19.0 Å². The molecule has 0 radical (unpaired) electrons. The maximum absolute atomic E-state index is 12.5. The number of benzene rings is 3. The Morgan fingerprint density at radius 3 is 2.38 bits per heavy atom. The molecular weight excluding hydrogens is 518 g/mol. The van der Waals surface area contributed by atoms with Crippen LogP contribution in [0, 0.1) is 6.92 Å². The Kier molecular flexibility index (Phi) is 8.95. The number of hydrazone groups is 1. The van der Waals surface area contributed by atoms with Crippen molar-refractivity contribution in [2.75, 3.05) is 20.0 Å². The van der Waals surface area contributed by atoms with Gasteiger partial charge in [0, 0.05) is 18.2 Å². The van der Waals surface area contributed by atoms with Gasteiger partial charge in [0.05, 0.1) is 26.2 Å². The van der Waals surface area contributed by atoms with E-state index in [9.17, 15) is 9.59 Å². The standard InChI is InChI=1S/C28H27N5O5S/c1-18-5-8-21(9-6-18)27-31-32-28(33(27)22-10-12-23(36-3)13-11-22)39-17-26(35)30-29-16-20-7-14-24(38-19(2)34)25(15-20)37-4/h5-16H,17H2,1-4H3,(H,30,35)/b29-16-. The van der Waals surface area contributed by atoms with E-state index in [2.05, 4.69) is 20.7 Å². The zero-order valence-corrected chi connectivity index (χ0v) is 22.7. The number of carbonyl (C=O) groups is 2. The molecule has 10 nitrogen and oxygen atoms in total. The summed E-state index contributed by atoms with van der Waals surface area (Å²) in [5.74, 6) is 1.36. The lowest BCUT2D eigenvalue weighted by atomic mass is 10.1. The molecule has 0 aliphatic heterocycles. The fraction of sp³-hybridized carbons (Fsp3) is 0.179. The summed E-state index contributed by atoms with van der Waals surface area (Å²) in [7, 11) is 3.08. The predicted octanol–water partition coefficient (Wildman–Crippen LogP) is 4.43. The average Bonchev–Trinajstić information content (AvgIpc) is 3.36. The average molecular weight is 546 g/mol. The highest BCUT2D eigenvalue weighted by Crippen LogP contribution is 2.29. The van der Waals surface area contributed by atoms with E-state index in [-0.39, 0.29) is 11.7 Å². The highest BCUT2D eigenvalue weighted by molar-refractivity contribution is 7.99. The second-order valence-corrected chi connectivity index (χ2v) is 9.23. The van der Waals surface area contributed by atoms with E-state index in [4.69, 9.17) is 14.2 Å². The van der Waals surface area contributed by atoms with Gasteiger partial charge >= 0.3 is 5.97 Å². The zero-order valence-electron chi connectivity index (χ0n) is 21.9. The van der Waals surface area contributed by atoms with Gasteiger partial charge in [-0.3, -0.25) is 14.2 Å². The molecule has 0 aliphatic carbocycles. The highest BCUT2D eigenvalue weighted by atomic mass is 32.2. The first-order chi connectivity index (χ1) is 18.9. The lowest BCUT2D eigenvalue weighted by molar-refractivity contribution is -0.132. The minimum atomic E-state index is -0.451. The summed E-state index contributed by atoms with van der Waals surface area (Å²) in [5, 5.41) is 13.3. The van der Waals surface area contributed by atoms with Crippen LogP contribution in [0.15, 0.2) is 77.0 Å². The number of nitrogens with one attached hydrogen (secondary N) is 1. The number of amides is 1. The van der Waals surface area contributed by atoms with E-state index < -0.39 is 5.97 Å². The first kappa shape index (κ1) is 27.4. The van der Waals surface area contributed by atoms with Gasteiger partial charge in [0.2, 0.25) is 0 Å². The van der Waals surface area contributed by atoms with Crippen LogP contribution in [0.5, 0.6) is 17.2 Å². The molecular formula is C28H27N5O5S. The lowest BCUT2D eigenvalue weighted by Crippen LogP contribution is -2.20. The second-order valence-electron chi connectivity index (χ2n) is 8.29. The quantitative estimate of drug-likeness (QED) is 0.102. The van der Waals surface area contributed by atoms with E-state index in [0.717, 1.165) is 22.6 Å². The Bertz CT molecular complexity index is 1480. The van der Waals surface area contributed by atoms with Crippen molar-refractivity contribution in [3.8, 4) is 34.3 Å². The Hall–Kier alpha value is -4.64.